The third kappa shape index (κ3) is 1.36. The first-order chi connectivity index (χ1) is 3.50. The van der Waals surface area contributed by atoms with Crippen molar-refractivity contribution in [2.75, 3.05) is 0 Å². The molecule has 1 heterocycles. The Bertz CT molecular complexity index is 102. The zero-order valence-corrected chi connectivity index (χ0v) is 4.09. The van der Waals surface area contributed by atoms with Crippen LogP contribution in [0.3, 0.4) is 0 Å². The SMILES string of the molecule is c1coosnn1. The summed E-state index contributed by atoms with van der Waals surface area (Å²) in [7, 11) is 0. The predicted molar refractivity (Wildman–Crippen MR) is 22.1 cm³/mol. The van der Waals surface area contributed by atoms with Crippen molar-refractivity contribution in [2.45, 2.75) is 0 Å². The second-order valence-corrected chi connectivity index (χ2v) is 1.17. The van der Waals surface area contributed by atoms with Crippen molar-refractivity contribution >= 4 is 11.8 Å². The first kappa shape index (κ1) is 4.32. The summed E-state index contributed by atoms with van der Waals surface area (Å²) in [6.07, 6.45) is 2.68. The summed E-state index contributed by atoms with van der Waals surface area (Å²) >= 11 is 0.789. The standard InChI is InChI=1S/C2H2N2O2S/c1-2-5-6-7-4-3-1/h1-2H. The molecule has 7 heavy (non-hydrogen) atoms. The van der Waals surface area contributed by atoms with Gasteiger partial charge in [-0.15, -0.1) is 5.10 Å². The van der Waals surface area contributed by atoms with Crippen LogP contribution in [-0.4, -0.2) is 9.59 Å². The van der Waals surface area contributed by atoms with Crippen LogP contribution in [0.2, 0.25) is 0 Å². The molecule has 0 aromatic carbocycles. The monoisotopic (exact) mass is 118 g/mol. The Morgan fingerprint density at radius 1 is 1.57 bits per heavy atom. The third-order valence-electron chi connectivity index (χ3n) is 0.333. The van der Waals surface area contributed by atoms with E-state index in [1.165, 1.54) is 12.5 Å². The minimum atomic E-state index is 0.789. The van der Waals surface area contributed by atoms with Crippen molar-refractivity contribution < 1.29 is 8.58 Å². The topological polar surface area (TPSA) is 52.1 Å². The van der Waals surface area contributed by atoms with E-state index >= 15 is 0 Å². The van der Waals surface area contributed by atoms with Gasteiger partial charge in [0, 0.05) is 0 Å². The van der Waals surface area contributed by atoms with Crippen molar-refractivity contribution in [1.29, 1.82) is 0 Å². The fourth-order valence-electron chi connectivity index (χ4n) is 0.152. The van der Waals surface area contributed by atoms with Gasteiger partial charge in [0.2, 0.25) is 11.8 Å². The van der Waals surface area contributed by atoms with E-state index < -0.39 is 0 Å². The minimum Gasteiger partial charge on any atom is -0.283 e. The average molecular weight is 118 g/mol. The summed E-state index contributed by atoms with van der Waals surface area (Å²) in [6.45, 7) is 0. The van der Waals surface area contributed by atoms with Gasteiger partial charge in [-0.1, -0.05) is 4.49 Å². The highest BCUT2D eigenvalue weighted by Crippen LogP contribution is 1.79. The van der Waals surface area contributed by atoms with E-state index in [1.54, 1.807) is 0 Å². The summed E-state index contributed by atoms with van der Waals surface area (Å²) in [5.41, 5.74) is 0. The van der Waals surface area contributed by atoms with E-state index in [1.807, 2.05) is 0 Å². The lowest BCUT2D eigenvalue weighted by molar-refractivity contribution is 0.0993. The molecule has 4 nitrogen and oxygen atoms in total. The molecule has 1 aromatic heterocycles. The Balaban J connectivity index is 3.06. The molecule has 0 aliphatic rings. The van der Waals surface area contributed by atoms with Crippen LogP contribution < -0.4 is 0 Å². The molecule has 38 valence electrons. The Morgan fingerprint density at radius 2 is 2.57 bits per heavy atom. The number of rotatable bonds is 0. The van der Waals surface area contributed by atoms with Gasteiger partial charge in [-0.2, -0.15) is 0 Å². The van der Waals surface area contributed by atoms with Gasteiger partial charge in [0.1, 0.15) is 0 Å². The molecule has 0 radical (unpaired) electrons. The summed E-state index contributed by atoms with van der Waals surface area (Å²) in [5.74, 6) is 0. The highest BCUT2D eigenvalue weighted by molar-refractivity contribution is 6.95. The lowest BCUT2D eigenvalue weighted by atomic mass is 11.0. The maximum Gasteiger partial charge on any atom is 0.223 e. The molecule has 1 rings (SSSR count). The van der Waals surface area contributed by atoms with Gasteiger partial charge >= 0.3 is 0 Å². The highest BCUT2D eigenvalue weighted by Gasteiger charge is 1.63. The fraction of sp³-hybridized carbons (Fsp3) is 0. The van der Waals surface area contributed by atoms with Gasteiger partial charge in [0.05, 0.1) is 6.20 Å². The normalized spacial score (nSPS) is 8.00. The van der Waals surface area contributed by atoms with Gasteiger partial charge in [-0.25, -0.2) is 4.01 Å². The van der Waals surface area contributed by atoms with Crippen molar-refractivity contribution in [2.24, 2.45) is 0 Å². The van der Waals surface area contributed by atoms with Gasteiger partial charge in [-0.05, 0) is 0 Å². The quantitative estimate of drug-likeness (QED) is 0.474. The average Bonchev–Trinajstić information content (AvgIpc) is 1.90. The van der Waals surface area contributed by atoms with E-state index in [0.717, 1.165) is 11.8 Å². The highest BCUT2D eigenvalue weighted by atomic mass is 32.1. The summed E-state index contributed by atoms with van der Waals surface area (Å²) in [6, 6.07) is 0. The zero-order valence-electron chi connectivity index (χ0n) is 3.27. The van der Waals surface area contributed by atoms with Crippen LogP contribution in [0.25, 0.3) is 0 Å². The maximum atomic E-state index is 4.29. The van der Waals surface area contributed by atoms with Crippen LogP contribution in [0, 0.1) is 0 Å². The van der Waals surface area contributed by atoms with Crippen LogP contribution in [0.15, 0.2) is 21.0 Å². The molecule has 1 aromatic rings. The van der Waals surface area contributed by atoms with Gasteiger partial charge in [-0.3, -0.25) is 4.58 Å². The molecule has 0 saturated carbocycles. The van der Waals surface area contributed by atoms with Crippen LogP contribution in [0.4, 0.5) is 0 Å². The molecule has 0 saturated heterocycles. The number of aromatic nitrogens is 2. The molecule has 0 fully saturated rings. The second-order valence-electron chi connectivity index (χ2n) is 0.721. The summed E-state index contributed by atoms with van der Waals surface area (Å²) in [5, 5.41) is 3.43. The Kier molecular flexibility index (Phi) is 1.45. The largest absolute Gasteiger partial charge is 0.283 e. The zero-order chi connectivity index (χ0) is 4.95. The molecular formula is C2H2N2O2S. The lowest BCUT2D eigenvalue weighted by Crippen LogP contribution is -1.58. The molecule has 0 aliphatic heterocycles. The molecule has 0 atom stereocenters. The lowest BCUT2D eigenvalue weighted by Gasteiger charge is -1.56. The van der Waals surface area contributed by atoms with Crippen molar-refractivity contribution in [3.63, 3.8) is 0 Å². The van der Waals surface area contributed by atoms with Crippen LogP contribution in [0.5, 0.6) is 0 Å². The van der Waals surface area contributed by atoms with E-state index in [0.29, 0.717) is 0 Å². The van der Waals surface area contributed by atoms with E-state index in [4.69, 9.17) is 0 Å². The third-order valence-corrected chi connectivity index (χ3v) is 0.634. The molecule has 0 bridgehead atoms. The van der Waals surface area contributed by atoms with Crippen LogP contribution in [-0.2, 0) is 0 Å². The minimum absolute atomic E-state index is 0.789. The Morgan fingerprint density at radius 3 is 3.57 bits per heavy atom. The van der Waals surface area contributed by atoms with Crippen molar-refractivity contribution in [1.82, 2.24) is 9.59 Å². The number of hydrogen-bond donors (Lipinski definition) is 0. The smallest absolute Gasteiger partial charge is 0.223 e. The summed E-state index contributed by atoms with van der Waals surface area (Å²) in [4.78, 5) is 0. The molecule has 0 aliphatic carbocycles. The molecule has 0 N–H and O–H groups in total. The molecule has 0 unspecified atom stereocenters. The van der Waals surface area contributed by atoms with Crippen molar-refractivity contribution in [3.8, 4) is 0 Å². The van der Waals surface area contributed by atoms with Crippen molar-refractivity contribution in [3.05, 3.63) is 12.5 Å². The van der Waals surface area contributed by atoms with E-state index in [2.05, 4.69) is 18.2 Å². The van der Waals surface area contributed by atoms with Crippen LogP contribution in [0.1, 0.15) is 0 Å². The van der Waals surface area contributed by atoms with Gasteiger partial charge in [0.15, 0.2) is 6.26 Å². The second kappa shape index (κ2) is 2.35. The Labute approximate surface area is 43.4 Å². The Hall–Kier alpha value is -0.840. The van der Waals surface area contributed by atoms with E-state index in [9.17, 15) is 0 Å². The van der Waals surface area contributed by atoms with Gasteiger partial charge < -0.3 is 0 Å². The molecule has 5 heteroatoms. The van der Waals surface area contributed by atoms with Crippen LogP contribution >= 0.6 is 11.8 Å². The number of nitrogens with zero attached hydrogens (tertiary/aromatic N) is 2. The molecule has 0 spiro atoms. The number of hydrogen-bond acceptors (Lipinski definition) is 5. The molecular weight excluding hydrogens is 116 g/mol. The predicted octanol–water partition coefficient (Wildman–Crippen LogP) is 0.849. The summed E-state index contributed by atoms with van der Waals surface area (Å²) < 4.78 is 11.9. The fourth-order valence-corrected chi connectivity index (χ4v) is 0.353. The first-order valence-corrected chi connectivity index (χ1v) is 2.24. The first-order valence-electron chi connectivity index (χ1n) is 1.54. The van der Waals surface area contributed by atoms with E-state index in [-0.39, 0.29) is 0 Å². The van der Waals surface area contributed by atoms with Gasteiger partial charge in [0.25, 0.3) is 0 Å². The maximum absolute atomic E-state index is 4.29. The molecule has 0 amide bonds.